The Balaban J connectivity index is 2.14. The third-order valence-electron chi connectivity index (χ3n) is 3.19. The van der Waals surface area contributed by atoms with E-state index >= 15 is 0 Å². The Kier molecular flexibility index (Phi) is 3.91. The maximum atomic E-state index is 6.16. The van der Waals surface area contributed by atoms with Crippen LogP contribution in [0.3, 0.4) is 0 Å². The molecule has 3 aromatic rings. The topological polar surface area (TPSA) is 25.8 Å². The van der Waals surface area contributed by atoms with Crippen molar-refractivity contribution >= 4 is 23.2 Å². The van der Waals surface area contributed by atoms with E-state index < -0.39 is 0 Å². The summed E-state index contributed by atoms with van der Waals surface area (Å²) in [5, 5.41) is 1.12. The van der Waals surface area contributed by atoms with E-state index in [4.69, 9.17) is 23.2 Å². The fraction of sp³-hybridized carbons (Fsp3) is 0.0588. The van der Waals surface area contributed by atoms with Gasteiger partial charge in [-0.15, -0.1) is 0 Å². The number of rotatable bonds is 2. The summed E-state index contributed by atoms with van der Waals surface area (Å²) < 4.78 is 0. The van der Waals surface area contributed by atoms with Crippen molar-refractivity contribution in [1.29, 1.82) is 0 Å². The van der Waals surface area contributed by atoms with Crippen LogP contribution in [-0.4, -0.2) is 9.97 Å². The van der Waals surface area contributed by atoms with Gasteiger partial charge in [0.25, 0.3) is 0 Å². The minimum Gasteiger partial charge on any atom is -0.228 e. The Labute approximate surface area is 133 Å². The smallest absolute Gasteiger partial charge is 0.161 e. The van der Waals surface area contributed by atoms with Gasteiger partial charge in [0, 0.05) is 22.2 Å². The normalized spacial score (nSPS) is 10.6. The minimum absolute atomic E-state index is 0.424. The van der Waals surface area contributed by atoms with Gasteiger partial charge in [-0.05, 0) is 30.7 Å². The molecule has 104 valence electrons. The van der Waals surface area contributed by atoms with Gasteiger partial charge < -0.3 is 0 Å². The van der Waals surface area contributed by atoms with Crippen molar-refractivity contribution in [2.75, 3.05) is 0 Å². The molecule has 0 amide bonds. The third kappa shape index (κ3) is 3.07. The Bertz CT molecular complexity index is 786. The highest BCUT2D eigenvalue weighted by atomic mass is 35.5. The molecular weight excluding hydrogens is 303 g/mol. The molecule has 4 heteroatoms. The molecule has 2 aromatic carbocycles. The first kappa shape index (κ1) is 14.1. The molecule has 0 bridgehead atoms. The van der Waals surface area contributed by atoms with Crippen LogP contribution in [0.5, 0.6) is 0 Å². The van der Waals surface area contributed by atoms with E-state index in [9.17, 15) is 0 Å². The summed E-state index contributed by atoms with van der Waals surface area (Å²) in [4.78, 5) is 8.96. The second-order valence-corrected chi connectivity index (χ2v) is 5.55. The molecule has 0 spiro atoms. The van der Waals surface area contributed by atoms with Crippen LogP contribution < -0.4 is 0 Å². The zero-order valence-corrected chi connectivity index (χ0v) is 12.9. The van der Waals surface area contributed by atoms with Gasteiger partial charge >= 0.3 is 0 Å². The van der Waals surface area contributed by atoms with Crippen LogP contribution in [-0.2, 0) is 0 Å². The summed E-state index contributed by atoms with van der Waals surface area (Å²) in [6.07, 6.45) is 0. The standard InChI is InChI=1S/C17H12Cl2N2/c1-11-9-13(18)7-8-14(11)17-20-15(10-16(19)21-17)12-5-3-2-4-6-12/h2-10H,1H3. The summed E-state index contributed by atoms with van der Waals surface area (Å²) in [6, 6.07) is 17.3. The second-order valence-electron chi connectivity index (χ2n) is 4.72. The van der Waals surface area contributed by atoms with Crippen LogP contribution >= 0.6 is 23.2 Å². The lowest BCUT2D eigenvalue weighted by molar-refractivity contribution is 1.17. The molecule has 0 saturated carbocycles. The van der Waals surface area contributed by atoms with Crippen molar-refractivity contribution in [3.8, 4) is 22.6 Å². The molecule has 0 saturated heterocycles. The van der Waals surface area contributed by atoms with E-state index in [1.807, 2.05) is 55.5 Å². The Morgan fingerprint density at radius 1 is 0.857 bits per heavy atom. The molecule has 0 unspecified atom stereocenters. The summed E-state index contributed by atoms with van der Waals surface area (Å²) in [5.41, 5.74) is 3.76. The van der Waals surface area contributed by atoms with E-state index in [2.05, 4.69) is 9.97 Å². The molecule has 0 atom stereocenters. The second kappa shape index (κ2) is 5.84. The minimum atomic E-state index is 0.424. The lowest BCUT2D eigenvalue weighted by Crippen LogP contribution is -1.94. The summed E-state index contributed by atoms with van der Waals surface area (Å²) >= 11 is 12.2. The van der Waals surface area contributed by atoms with Gasteiger partial charge in [-0.25, -0.2) is 9.97 Å². The van der Waals surface area contributed by atoms with E-state index in [0.717, 1.165) is 22.4 Å². The number of benzene rings is 2. The zero-order chi connectivity index (χ0) is 14.8. The molecule has 0 aliphatic rings. The maximum absolute atomic E-state index is 6.16. The van der Waals surface area contributed by atoms with Crippen LogP contribution in [0, 0.1) is 6.92 Å². The number of nitrogens with zero attached hydrogens (tertiary/aromatic N) is 2. The highest BCUT2D eigenvalue weighted by Gasteiger charge is 2.10. The molecular formula is C17H12Cl2N2. The lowest BCUT2D eigenvalue weighted by Gasteiger charge is -2.08. The number of aromatic nitrogens is 2. The molecule has 0 aliphatic carbocycles. The highest BCUT2D eigenvalue weighted by molar-refractivity contribution is 6.30. The Hall–Kier alpha value is -1.90. The fourth-order valence-electron chi connectivity index (χ4n) is 2.17. The SMILES string of the molecule is Cc1cc(Cl)ccc1-c1nc(Cl)cc(-c2ccccc2)n1. The molecule has 0 fully saturated rings. The summed E-state index contributed by atoms with van der Waals surface area (Å²) in [5.74, 6) is 0.607. The average molecular weight is 315 g/mol. The summed E-state index contributed by atoms with van der Waals surface area (Å²) in [6.45, 7) is 1.98. The fourth-order valence-corrected chi connectivity index (χ4v) is 2.58. The van der Waals surface area contributed by atoms with Crippen LogP contribution in [0.2, 0.25) is 10.2 Å². The molecule has 21 heavy (non-hydrogen) atoms. The number of hydrogen-bond donors (Lipinski definition) is 0. The molecule has 2 nitrogen and oxygen atoms in total. The summed E-state index contributed by atoms with van der Waals surface area (Å²) in [7, 11) is 0. The maximum Gasteiger partial charge on any atom is 0.161 e. The first-order chi connectivity index (χ1) is 10.1. The largest absolute Gasteiger partial charge is 0.228 e. The van der Waals surface area contributed by atoms with Crippen molar-refractivity contribution < 1.29 is 0 Å². The lowest BCUT2D eigenvalue weighted by atomic mass is 10.1. The predicted octanol–water partition coefficient (Wildman–Crippen LogP) is 5.43. The number of hydrogen-bond acceptors (Lipinski definition) is 2. The van der Waals surface area contributed by atoms with Gasteiger partial charge in [0.15, 0.2) is 5.82 Å². The molecule has 1 aromatic heterocycles. The van der Waals surface area contributed by atoms with Crippen LogP contribution in [0.4, 0.5) is 0 Å². The monoisotopic (exact) mass is 314 g/mol. The number of aryl methyl sites for hydroxylation is 1. The van der Waals surface area contributed by atoms with E-state index in [0.29, 0.717) is 16.0 Å². The van der Waals surface area contributed by atoms with Crippen molar-refractivity contribution in [3.05, 3.63) is 70.3 Å². The van der Waals surface area contributed by atoms with Crippen LogP contribution in [0.25, 0.3) is 22.6 Å². The highest BCUT2D eigenvalue weighted by Crippen LogP contribution is 2.27. The molecule has 0 N–H and O–H groups in total. The van der Waals surface area contributed by atoms with Gasteiger partial charge in [0.1, 0.15) is 5.15 Å². The Morgan fingerprint density at radius 3 is 2.33 bits per heavy atom. The van der Waals surface area contributed by atoms with E-state index in [1.54, 1.807) is 6.07 Å². The van der Waals surface area contributed by atoms with Crippen molar-refractivity contribution in [1.82, 2.24) is 9.97 Å². The van der Waals surface area contributed by atoms with Gasteiger partial charge in [-0.3, -0.25) is 0 Å². The van der Waals surface area contributed by atoms with Gasteiger partial charge in [-0.1, -0.05) is 53.5 Å². The number of halogens is 2. The van der Waals surface area contributed by atoms with Crippen molar-refractivity contribution in [2.45, 2.75) is 6.92 Å². The van der Waals surface area contributed by atoms with E-state index in [-0.39, 0.29) is 0 Å². The molecule has 3 rings (SSSR count). The van der Waals surface area contributed by atoms with Crippen LogP contribution in [0.15, 0.2) is 54.6 Å². The molecule has 0 radical (unpaired) electrons. The van der Waals surface area contributed by atoms with Crippen LogP contribution in [0.1, 0.15) is 5.56 Å². The van der Waals surface area contributed by atoms with Gasteiger partial charge in [0.2, 0.25) is 0 Å². The van der Waals surface area contributed by atoms with Crippen molar-refractivity contribution in [2.24, 2.45) is 0 Å². The van der Waals surface area contributed by atoms with Gasteiger partial charge in [0.05, 0.1) is 5.69 Å². The van der Waals surface area contributed by atoms with Crippen molar-refractivity contribution in [3.63, 3.8) is 0 Å². The average Bonchev–Trinajstić information content (AvgIpc) is 2.47. The molecule has 1 heterocycles. The van der Waals surface area contributed by atoms with E-state index in [1.165, 1.54) is 0 Å². The molecule has 0 aliphatic heterocycles. The first-order valence-corrected chi connectivity index (χ1v) is 7.25. The Morgan fingerprint density at radius 2 is 1.62 bits per heavy atom. The first-order valence-electron chi connectivity index (χ1n) is 6.50. The quantitative estimate of drug-likeness (QED) is 0.590. The predicted molar refractivity (Wildman–Crippen MR) is 87.7 cm³/mol. The third-order valence-corrected chi connectivity index (χ3v) is 3.62. The van der Waals surface area contributed by atoms with Gasteiger partial charge in [-0.2, -0.15) is 0 Å². The zero-order valence-electron chi connectivity index (χ0n) is 11.3.